The second-order valence-electron chi connectivity index (χ2n) is 4.21. The molecule has 0 aliphatic heterocycles. The predicted molar refractivity (Wildman–Crippen MR) is 60.0 cm³/mol. The fourth-order valence-corrected chi connectivity index (χ4v) is 2.15. The summed E-state index contributed by atoms with van der Waals surface area (Å²) in [5.74, 6) is -0.527. The molecule has 0 heterocycles. The molecule has 1 fully saturated rings. The summed E-state index contributed by atoms with van der Waals surface area (Å²) in [7, 11) is 1.75. The van der Waals surface area contributed by atoms with Gasteiger partial charge in [0.05, 0.1) is 0 Å². The van der Waals surface area contributed by atoms with Crippen LogP contribution in [0.3, 0.4) is 0 Å². The molecule has 0 spiro atoms. The number of alkyl halides is 1. The van der Waals surface area contributed by atoms with Gasteiger partial charge in [-0.2, -0.15) is 0 Å². The minimum absolute atomic E-state index is 0.254. The Balaban J connectivity index is 2.54. The molecule has 4 heteroatoms. The van der Waals surface area contributed by atoms with Gasteiger partial charge in [-0.05, 0) is 19.8 Å². The number of carbonyl (C=O) groups excluding carboxylic acids is 2. The Morgan fingerprint density at radius 1 is 1.27 bits per heavy atom. The van der Waals surface area contributed by atoms with Crippen LogP contribution >= 0.6 is 11.6 Å². The second-order valence-corrected chi connectivity index (χ2v) is 4.65. The summed E-state index contributed by atoms with van der Waals surface area (Å²) in [4.78, 5) is 24.4. The largest absolute Gasteiger partial charge is 0.341 e. The third-order valence-electron chi connectivity index (χ3n) is 3.04. The molecule has 0 aromatic carbocycles. The highest BCUT2D eigenvalue weighted by Crippen LogP contribution is 2.22. The van der Waals surface area contributed by atoms with E-state index in [1.807, 2.05) is 0 Å². The Labute approximate surface area is 95.8 Å². The molecule has 1 atom stereocenters. The van der Waals surface area contributed by atoms with Crippen LogP contribution in [0.4, 0.5) is 0 Å². The highest BCUT2D eigenvalue weighted by Gasteiger charge is 2.28. The maximum absolute atomic E-state index is 11.8. The Morgan fingerprint density at radius 2 is 1.80 bits per heavy atom. The van der Waals surface area contributed by atoms with Gasteiger partial charge in [-0.15, -0.1) is 11.6 Å². The first kappa shape index (κ1) is 12.5. The fraction of sp³-hybridized carbons (Fsp3) is 0.818. The average molecular weight is 232 g/mol. The van der Waals surface area contributed by atoms with Crippen LogP contribution in [-0.4, -0.2) is 35.1 Å². The fourth-order valence-electron chi connectivity index (χ4n) is 2.00. The molecular weight excluding hydrogens is 214 g/mol. The van der Waals surface area contributed by atoms with E-state index in [0.717, 1.165) is 25.7 Å². The van der Waals surface area contributed by atoms with Crippen molar-refractivity contribution in [2.75, 3.05) is 7.05 Å². The maximum Gasteiger partial charge on any atom is 0.248 e. The van der Waals surface area contributed by atoms with Crippen LogP contribution in [0.15, 0.2) is 0 Å². The summed E-state index contributed by atoms with van der Waals surface area (Å²) < 4.78 is 0. The van der Waals surface area contributed by atoms with Gasteiger partial charge in [0.2, 0.25) is 5.91 Å². The lowest BCUT2D eigenvalue weighted by Gasteiger charge is -2.32. The highest BCUT2D eigenvalue weighted by atomic mass is 35.5. The number of ketones is 1. The van der Waals surface area contributed by atoms with Crippen molar-refractivity contribution in [3.8, 4) is 0 Å². The number of halogens is 1. The van der Waals surface area contributed by atoms with E-state index in [1.54, 1.807) is 11.9 Å². The quantitative estimate of drug-likeness (QED) is 0.550. The number of carbonyl (C=O) groups is 2. The van der Waals surface area contributed by atoms with Crippen molar-refractivity contribution in [3.05, 3.63) is 0 Å². The van der Waals surface area contributed by atoms with E-state index >= 15 is 0 Å². The van der Waals surface area contributed by atoms with Crippen LogP contribution in [0.2, 0.25) is 0 Å². The van der Waals surface area contributed by atoms with Crippen LogP contribution in [0, 0.1) is 0 Å². The Bertz CT molecular complexity index is 249. The smallest absolute Gasteiger partial charge is 0.248 e. The minimum Gasteiger partial charge on any atom is -0.341 e. The SMILES string of the molecule is CC(=O)C(Cl)C(=O)N(C)C1CCCCC1. The summed E-state index contributed by atoms with van der Waals surface area (Å²) in [5, 5.41) is -1.00. The van der Waals surface area contributed by atoms with E-state index in [1.165, 1.54) is 13.3 Å². The number of amides is 1. The number of nitrogens with zero attached hydrogens (tertiary/aromatic N) is 1. The van der Waals surface area contributed by atoms with Crippen molar-refractivity contribution in [2.24, 2.45) is 0 Å². The van der Waals surface area contributed by atoms with Crippen molar-refractivity contribution in [3.63, 3.8) is 0 Å². The zero-order valence-electron chi connectivity index (χ0n) is 9.33. The van der Waals surface area contributed by atoms with Crippen molar-refractivity contribution in [1.82, 2.24) is 4.90 Å². The number of Topliss-reactive ketones (excluding diaryl/α,β-unsaturated/α-hetero) is 1. The average Bonchev–Trinajstić information content (AvgIpc) is 2.27. The van der Waals surface area contributed by atoms with Gasteiger partial charge in [0.25, 0.3) is 0 Å². The summed E-state index contributed by atoms with van der Waals surface area (Å²) in [5.41, 5.74) is 0. The molecule has 1 unspecified atom stereocenters. The second kappa shape index (κ2) is 5.50. The lowest BCUT2D eigenvalue weighted by molar-refractivity contribution is -0.135. The molecule has 0 N–H and O–H groups in total. The van der Waals surface area contributed by atoms with E-state index in [-0.39, 0.29) is 17.7 Å². The van der Waals surface area contributed by atoms with Crippen molar-refractivity contribution < 1.29 is 9.59 Å². The molecule has 0 bridgehead atoms. The summed E-state index contributed by atoms with van der Waals surface area (Å²) in [6, 6.07) is 0.270. The zero-order valence-corrected chi connectivity index (χ0v) is 10.1. The van der Waals surface area contributed by atoms with Gasteiger partial charge in [-0.1, -0.05) is 19.3 Å². The first-order chi connectivity index (χ1) is 7.04. The van der Waals surface area contributed by atoms with E-state index in [9.17, 15) is 9.59 Å². The molecule has 3 nitrogen and oxygen atoms in total. The van der Waals surface area contributed by atoms with Gasteiger partial charge >= 0.3 is 0 Å². The molecule has 1 amide bonds. The van der Waals surface area contributed by atoms with Crippen LogP contribution in [0.5, 0.6) is 0 Å². The summed E-state index contributed by atoms with van der Waals surface area (Å²) in [6.07, 6.45) is 5.63. The van der Waals surface area contributed by atoms with Crippen molar-refractivity contribution in [1.29, 1.82) is 0 Å². The maximum atomic E-state index is 11.8. The van der Waals surface area contributed by atoms with Gasteiger partial charge in [-0.25, -0.2) is 0 Å². The van der Waals surface area contributed by atoms with Crippen LogP contribution in [0.25, 0.3) is 0 Å². The van der Waals surface area contributed by atoms with Crippen LogP contribution in [0.1, 0.15) is 39.0 Å². The van der Waals surface area contributed by atoms with Crippen LogP contribution < -0.4 is 0 Å². The Hall–Kier alpha value is -0.570. The van der Waals surface area contributed by atoms with E-state index in [4.69, 9.17) is 11.6 Å². The molecule has 15 heavy (non-hydrogen) atoms. The number of hydrogen-bond acceptors (Lipinski definition) is 2. The Kier molecular flexibility index (Phi) is 4.58. The van der Waals surface area contributed by atoms with Gasteiger partial charge in [0.15, 0.2) is 11.2 Å². The lowest BCUT2D eigenvalue weighted by Crippen LogP contribution is -2.44. The molecule has 1 saturated carbocycles. The predicted octanol–water partition coefficient (Wildman–Crippen LogP) is 1.97. The number of hydrogen-bond donors (Lipinski definition) is 0. The van der Waals surface area contributed by atoms with E-state index in [2.05, 4.69) is 0 Å². The van der Waals surface area contributed by atoms with Gasteiger partial charge < -0.3 is 4.90 Å². The highest BCUT2D eigenvalue weighted by molar-refractivity contribution is 6.41. The zero-order chi connectivity index (χ0) is 11.4. The molecular formula is C11H18ClNO2. The monoisotopic (exact) mass is 231 g/mol. The third kappa shape index (κ3) is 3.20. The molecule has 1 aliphatic carbocycles. The standard InChI is InChI=1S/C11H18ClNO2/c1-8(14)10(12)11(15)13(2)9-6-4-3-5-7-9/h9-10H,3-7H2,1-2H3. The van der Waals surface area contributed by atoms with Gasteiger partial charge in [0.1, 0.15) is 0 Å². The topological polar surface area (TPSA) is 37.4 Å². The molecule has 1 rings (SSSR count). The lowest BCUT2D eigenvalue weighted by atomic mass is 9.94. The molecule has 0 radical (unpaired) electrons. The first-order valence-corrected chi connectivity index (χ1v) is 5.89. The molecule has 0 aromatic heterocycles. The van der Waals surface area contributed by atoms with E-state index in [0.29, 0.717) is 0 Å². The summed E-state index contributed by atoms with van der Waals surface area (Å²) in [6.45, 7) is 1.35. The Morgan fingerprint density at radius 3 is 2.27 bits per heavy atom. The first-order valence-electron chi connectivity index (χ1n) is 5.45. The summed E-state index contributed by atoms with van der Waals surface area (Å²) >= 11 is 5.74. The van der Waals surface area contributed by atoms with Crippen LogP contribution in [-0.2, 0) is 9.59 Å². The van der Waals surface area contributed by atoms with Crippen molar-refractivity contribution >= 4 is 23.3 Å². The molecule has 86 valence electrons. The molecule has 0 saturated heterocycles. The molecule has 0 aromatic rings. The third-order valence-corrected chi connectivity index (χ3v) is 3.54. The van der Waals surface area contributed by atoms with E-state index < -0.39 is 5.38 Å². The van der Waals surface area contributed by atoms with Gasteiger partial charge in [-0.3, -0.25) is 9.59 Å². The van der Waals surface area contributed by atoms with Gasteiger partial charge in [0, 0.05) is 13.1 Å². The van der Waals surface area contributed by atoms with Crippen molar-refractivity contribution in [2.45, 2.75) is 50.4 Å². The molecule has 1 aliphatic rings. The normalized spacial score (nSPS) is 19.7. The number of rotatable bonds is 3. The minimum atomic E-state index is -1.00.